The van der Waals surface area contributed by atoms with E-state index in [1.807, 2.05) is 0 Å². The minimum absolute atomic E-state index is 0.544. The maximum absolute atomic E-state index is 2.65. The Kier molecular flexibility index (Phi) is 2.71. The van der Waals surface area contributed by atoms with Gasteiger partial charge in [0.25, 0.3) is 0 Å². The smallest absolute Gasteiger partial charge is 0.0827 e. The second kappa shape index (κ2) is 3.19. The van der Waals surface area contributed by atoms with Gasteiger partial charge < -0.3 is 0 Å². The molecule has 1 aliphatic rings. The van der Waals surface area contributed by atoms with E-state index in [2.05, 4.69) is 25.4 Å². The first-order valence-corrected chi connectivity index (χ1v) is 5.27. The van der Waals surface area contributed by atoms with Crippen LogP contribution in [0.15, 0.2) is 0 Å². The van der Waals surface area contributed by atoms with Gasteiger partial charge in [0.05, 0.1) is 13.9 Å². The molecule has 1 fully saturated rings. The zero-order valence-electron chi connectivity index (χ0n) is 7.35. The third-order valence-electron chi connectivity index (χ3n) is 1.71. The molecular weight excluding hydrogens is 141 g/mol. The highest BCUT2D eigenvalue weighted by molar-refractivity contribution is 7.37. The Hall–Kier alpha value is 0.390. The van der Waals surface area contributed by atoms with Crippen LogP contribution in [-0.2, 0) is 0 Å². The first-order valence-electron chi connectivity index (χ1n) is 4.18. The molecule has 1 nitrogen and oxygen atoms in total. The molecule has 0 aromatic carbocycles. The summed E-state index contributed by atoms with van der Waals surface area (Å²) in [6.45, 7) is 9.78. The molecule has 1 atom stereocenters. The zero-order valence-corrected chi connectivity index (χ0v) is 8.51. The standard InChI is InChI=1S/C8H18NP/c1-8(2,3)10-9-6-4-5-7-9/h10H,4-7H2,1-3H3/p+1. The first kappa shape index (κ1) is 8.49. The van der Waals surface area contributed by atoms with Crippen LogP contribution in [0.25, 0.3) is 0 Å². The van der Waals surface area contributed by atoms with Gasteiger partial charge >= 0.3 is 0 Å². The Balaban J connectivity index is 2.24. The molecule has 1 unspecified atom stereocenters. The normalized spacial score (nSPS) is 23.1. The lowest BCUT2D eigenvalue weighted by Gasteiger charge is -2.17. The van der Waals surface area contributed by atoms with Gasteiger partial charge in [0.2, 0.25) is 0 Å². The molecule has 0 N–H and O–H groups in total. The van der Waals surface area contributed by atoms with Crippen LogP contribution < -0.4 is 0 Å². The van der Waals surface area contributed by atoms with Gasteiger partial charge in [0.15, 0.2) is 0 Å². The molecule has 0 bridgehead atoms. The van der Waals surface area contributed by atoms with Crippen LogP contribution in [0.5, 0.6) is 0 Å². The maximum Gasteiger partial charge on any atom is 0.0827 e. The van der Waals surface area contributed by atoms with Crippen molar-refractivity contribution in [3.8, 4) is 0 Å². The number of nitrogens with zero attached hydrogens (tertiary/aromatic N) is 1. The van der Waals surface area contributed by atoms with Gasteiger partial charge in [0.1, 0.15) is 0 Å². The van der Waals surface area contributed by atoms with Crippen LogP contribution >= 0.6 is 8.73 Å². The van der Waals surface area contributed by atoms with Gasteiger partial charge in [-0.25, -0.2) is 0 Å². The Bertz CT molecular complexity index is 100. The summed E-state index contributed by atoms with van der Waals surface area (Å²) in [5, 5.41) is 0.574. The van der Waals surface area contributed by atoms with E-state index < -0.39 is 0 Å². The molecule has 0 spiro atoms. The SMILES string of the molecule is CC(C)(C)[PH2+]N1CCCC1. The average Bonchev–Trinajstić information content (AvgIpc) is 2.12. The number of hydrogen-bond donors (Lipinski definition) is 0. The molecule has 0 amide bonds. The third-order valence-corrected chi connectivity index (χ3v) is 3.37. The highest BCUT2D eigenvalue weighted by atomic mass is 31.1. The van der Waals surface area contributed by atoms with Crippen LogP contribution in [0.4, 0.5) is 0 Å². The van der Waals surface area contributed by atoms with Gasteiger partial charge in [-0.05, 0) is 33.6 Å². The Morgan fingerprint density at radius 3 is 2.00 bits per heavy atom. The highest BCUT2D eigenvalue weighted by Crippen LogP contribution is 2.36. The van der Waals surface area contributed by atoms with Crippen molar-refractivity contribution in [1.82, 2.24) is 4.67 Å². The van der Waals surface area contributed by atoms with Crippen molar-refractivity contribution in [1.29, 1.82) is 0 Å². The minimum Gasteiger partial charge on any atom is -0.185 e. The molecule has 0 aromatic rings. The molecule has 0 saturated carbocycles. The topological polar surface area (TPSA) is 3.24 Å². The molecule has 0 aromatic heterocycles. The van der Waals surface area contributed by atoms with Crippen LogP contribution in [0.3, 0.4) is 0 Å². The number of hydrogen-bond acceptors (Lipinski definition) is 1. The predicted molar refractivity (Wildman–Crippen MR) is 50.3 cm³/mol. The molecule has 2 heteroatoms. The third kappa shape index (κ3) is 2.98. The first-order chi connectivity index (χ1) is 4.58. The maximum atomic E-state index is 2.65. The van der Waals surface area contributed by atoms with Crippen molar-refractivity contribution in [2.24, 2.45) is 0 Å². The molecular formula is C8H19NP+. The molecule has 10 heavy (non-hydrogen) atoms. The fraction of sp³-hybridized carbons (Fsp3) is 1.00. The second-order valence-corrected chi connectivity index (χ2v) is 6.96. The lowest BCUT2D eigenvalue weighted by atomic mass is 10.3. The molecule has 60 valence electrons. The summed E-state index contributed by atoms with van der Waals surface area (Å²) in [6, 6.07) is 0. The van der Waals surface area contributed by atoms with Crippen molar-refractivity contribution in [3.05, 3.63) is 0 Å². The van der Waals surface area contributed by atoms with Crippen LogP contribution in [-0.4, -0.2) is 22.9 Å². The lowest BCUT2D eigenvalue weighted by molar-refractivity contribution is 0.555. The summed E-state index contributed by atoms with van der Waals surface area (Å²) in [6.07, 6.45) is 2.87. The molecule has 1 aliphatic heterocycles. The lowest BCUT2D eigenvalue weighted by Crippen LogP contribution is -2.17. The van der Waals surface area contributed by atoms with Crippen LogP contribution in [0.1, 0.15) is 33.6 Å². The van der Waals surface area contributed by atoms with Gasteiger partial charge in [0, 0.05) is 13.1 Å². The fourth-order valence-electron chi connectivity index (χ4n) is 1.42. The second-order valence-electron chi connectivity index (χ2n) is 4.24. The van der Waals surface area contributed by atoms with E-state index in [0.29, 0.717) is 13.9 Å². The summed E-state index contributed by atoms with van der Waals surface area (Å²) >= 11 is 0. The van der Waals surface area contributed by atoms with Gasteiger partial charge in [-0.15, -0.1) is 0 Å². The zero-order chi connectivity index (χ0) is 7.61. The molecule has 1 saturated heterocycles. The molecule has 0 aliphatic carbocycles. The van der Waals surface area contributed by atoms with Gasteiger partial charge in [-0.3, -0.25) is 0 Å². The summed E-state index contributed by atoms with van der Waals surface area (Å²) in [4.78, 5) is 0. The van der Waals surface area contributed by atoms with Crippen molar-refractivity contribution in [2.45, 2.75) is 38.8 Å². The van der Waals surface area contributed by atoms with E-state index in [9.17, 15) is 0 Å². The summed E-state index contributed by atoms with van der Waals surface area (Å²) in [7, 11) is 0.544. The van der Waals surface area contributed by atoms with Crippen molar-refractivity contribution < 1.29 is 0 Å². The average molecular weight is 160 g/mol. The summed E-state index contributed by atoms with van der Waals surface area (Å²) in [5.74, 6) is 0. The van der Waals surface area contributed by atoms with Crippen molar-refractivity contribution in [2.75, 3.05) is 13.1 Å². The molecule has 1 rings (SSSR count). The van der Waals surface area contributed by atoms with Crippen molar-refractivity contribution >= 4 is 8.73 Å². The summed E-state index contributed by atoms with van der Waals surface area (Å²) < 4.78 is 2.65. The quantitative estimate of drug-likeness (QED) is 0.531. The molecule has 1 heterocycles. The van der Waals surface area contributed by atoms with E-state index in [1.165, 1.54) is 25.9 Å². The van der Waals surface area contributed by atoms with Crippen LogP contribution in [0, 0.1) is 0 Å². The Labute approximate surface area is 66.0 Å². The van der Waals surface area contributed by atoms with E-state index in [1.54, 1.807) is 0 Å². The highest BCUT2D eigenvalue weighted by Gasteiger charge is 2.25. The largest absolute Gasteiger partial charge is 0.185 e. The van der Waals surface area contributed by atoms with E-state index >= 15 is 0 Å². The van der Waals surface area contributed by atoms with Crippen LogP contribution in [0.2, 0.25) is 0 Å². The van der Waals surface area contributed by atoms with E-state index in [0.717, 1.165) is 0 Å². The van der Waals surface area contributed by atoms with E-state index in [-0.39, 0.29) is 0 Å². The monoisotopic (exact) mass is 160 g/mol. The van der Waals surface area contributed by atoms with Gasteiger partial charge in [-0.2, -0.15) is 4.67 Å². The fourth-order valence-corrected chi connectivity index (χ4v) is 3.14. The van der Waals surface area contributed by atoms with Crippen molar-refractivity contribution in [3.63, 3.8) is 0 Å². The Morgan fingerprint density at radius 1 is 1.10 bits per heavy atom. The molecule has 0 radical (unpaired) electrons. The number of rotatable bonds is 1. The van der Waals surface area contributed by atoms with Gasteiger partial charge in [-0.1, -0.05) is 0 Å². The minimum atomic E-state index is 0.544. The summed E-state index contributed by atoms with van der Waals surface area (Å²) in [5.41, 5.74) is 0. The predicted octanol–water partition coefficient (Wildman–Crippen LogP) is 2.21. The van der Waals surface area contributed by atoms with E-state index in [4.69, 9.17) is 0 Å². The Morgan fingerprint density at radius 2 is 1.60 bits per heavy atom.